The van der Waals surface area contributed by atoms with Gasteiger partial charge in [-0.2, -0.15) is 0 Å². The summed E-state index contributed by atoms with van der Waals surface area (Å²) in [6.45, 7) is 13.6. The van der Waals surface area contributed by atoms with Crippen LogP contribution in [0.3, 0.4) is 0 Å². The summed E-state index contributed by atoms with van der Waals surface area (Å²) in [6, 6.07) is 0.652. The van der Waals surface area contributed by atoms with E-state index in [9.17, 15) is 5.11 Å². The van der Waals surface area contributed by atoms with Crippen molar-refractivity contribution in [2.24, 2.45) is 17.3 Å². The van der Waals surface area contributed by atoms with E-state index in [0.717, 1.165) is 32.0 Å². The fourth-order valence-electron chi connectivity index (χ4n) is 4.09. The molecule has 19 heavy (non-hydrogen) atoms. The van der Waals surface area contributed by atoms with Gasteiger partial charge in [-0.05, 0) is 43.1 Å². The molecule has 1 saturated carbocycles. The van der Waals surface area contributed by atoms with Gasteiger partial charge in [0.25, 0.3) is 0 Å². The maximum absolute atomic E-state index is 9.84. The molecule has 1 aliphatic carbocycles. The first kappa shape index (κ1) is 15.3. The predicted molar refractivity (Wildman–Crippen MR) is 80.2 cm³/mol. The Morgan fingerprint density at radius 1 is 1.32 bits per heavy atom. The van der Waals surface area contributed by atoms with Gasteiger partial charge in [0, 0.05) is 25.7 Å². The Balaban J connectivity index is 1.91. The quantitative estimate of drug-likeness (QED) is 0.820. The molecule has 1 aliphatic heterocycles. The van der Waals surface area contributed by atoms with Crippen molar-refractivity contribution in [3.8, 4) is 0 Å². The van der Waals surface area contributed by atoms with Crippen LogP contribution >= 0.6 is 0 Å². The fraction of sp³-hybridized carbons (Fsp3) is 1.00. The third-order valence-electron chi connectivity index (χ3n) is 5.33. The van der Waals surface area contributed by atoms with E-state index in [1.165, 1.54) is 19.4 Å². The third kappa shape index (κ3) is 3.50. The van der Waals surface area contributed by atoms with E-state index in [1.54, 1.807) is 0 Å². The number of piperidine rings is 1. The molecule has 0 aromatic carbocycles. The number of aliphatic hydroxyl groups excluding tert-OH is 1. The van der Waals surface area contributed by atoms with Crippen LogP contribution in [-0.2, 0) is 0 Å². The molecule has 1 saturated heterocycles. The van der Waals surface area contributed by atoms with Crippen LogP contribution in [-0.4, -0.2) is 48.3 Å². The second-order valence-electron chi connectivity index (χ2n) is 7.42. The first-order valence-electron chi connectivity index (χ1n) is 8.08. The molecule has 3 nitrogen and oxygen atoms in total. The average Bonchev–Trinajstić information content (AvgIpc) is 2.62. The zero-order chi connectivity index (χ0) is 14.0. The number of nitrogens with one attached hydrogen (secondary N) is 1. The predicted octanol–water partition coefficient (Wildman–Crippen LogP) is 2.10. The van der Waals surface area contributed by atoms with Crippen LogP contribution in [0.2, 0.25) is 0 Å². The molecule has 2 N–H and O–H groups in total. The van der Waals surface area contributed by atoms with Crippen molar-refractivity contribution in [3.63, 3.8) is 0 Å². The molecular weight excluding hydrogens is 236 g/mol. The van der Waals surface area contributed by atoms with Crippen LogP contribution in [0.15, 0.2) is 0 Å². The molecular formula is C16H32N2O. The molecule has 0 aromatic rings. The minimum atomic E-state index is -0.0826. The van der Waals surface area contributed by atoms with E-state index in [2.05, 4.69) is 37.9 Å². The third-order valence-corrected chi connectivity index (χ3v) is 5.33. The standard InChI is InChI=1S/C16H32N2O/c1-5-17-15-13(6-8-16(15,3)4)11-18-9-7-14(19)12(2)10-18/h12-15,17,19H,5-11H2,1-4H3. The van der Waals surface area contributed by atoms with Crippen molar-refractivity contribution < 1.29 is 5.11 Å². The van der Waals surface area contributed by atoms with Gasteiger partial charge in [0.1, 0.15) is 0 Å². The molecule has 0 spiro atoms. The van der Waals surface area contributed by atoms with E-state index >= 15 is 0 Å². The van der Waals surface area contributed by atoms with Gasteiger partial charge in [0.15, 0.2) is 0 Å². The lowest BCUT2D eigenvalue weighted by molar-refractivity contribution is 0.0266. The smallest absolute Gasteiger partial charge is 0.0590 e. The fourth-order valence-corrected chi connectivity index (χ4v) is 4.09. The number of nitrogens with zero attached hydrogens (tertiary/aromatic N) is 1. The normalized spacial score (nSPS) is 39.6. The largest absolute Gasteiger partial charge is 0.393 e. The van der Waals surface area contributed by atoms with Crippen LogP contribution in [0.5, 0.6) is 0 Å². The zero-order valence-corrected chi connectivity index (χ0v) is 13.2. The highest BCUT2D eigenvalue weighted by atomic mass is 16.3. The summed E-state index contributed by atoms with van der Waals surface area (Å²) < 4.78 is 0. The summed E-state index contributed by atoms with van der Waals surface area (Å²) in [6.07, 6.45) is 3.55. The summed E-state index contributed by atoms with van der Waals surface area (Å²) in [5.41, 5.74) is 0.432. The minimum Gasteiger partial charge on any atom is -0.393 e. The lowest BCUT2D eigenvalue weighted by Crippen LogP contribution is -2.49. The molecule has 3 heteroatoms. The summed E-state index contributed by atoms with van der Waals surface area (Å²) in [5, 5.41) is 13.6. The highest BCUT2D eigenvalue weighted by Gasteiger charge is 2.42. The molecule has 0 bridgehead atoms. The molecule has 2 aliphatic rings. The molecule has 112 valence electrons. The van der Waals surface area contributed by atoms with Gasteiger partial charge in [0.2, 0.25) is 0 Å². The van der Waals surface area contributed by atoms with Crippen molar-refractivity contribution in [1.29, 1.82) is 0 Å². The van der Waals surface area contributed by atoms with Crippen molar-refractivity contribution in [2.45, 2.75) is 59.1 Å². The van der Waals surface area contributed by atoms with E-state index in [0.29, 0.717) is 17.4 Å². The Bertz CT molecular complexity index is 292. The van der Waals surface area contributed by atoms with E-state index in [1.807, 2.05) is 0 Å². The molecule has 0 radical (unpaired) electrons. The second-order valence-corrected chi connectivity index (χ2v) is 7.42. The Hall–Kier alpha value is -0.120. The van der Waals surface area contributed by atoms with Crippen molar-refractivity contribution in [3.05, 3.63) is 0 Å². The zero-order valence-electron chi connectivity index (χ0n) is 13.2. The first-order chi connectivity index (χ1) is 8.94. The van der Waals surface area contributed by atoms with Crippen LogP contribution in [0.25, 0.3) is 0 Å². The maximum atomic E-state index is 9.84. The number of hydrogen-bond donors (Lipinski definition) is 2. The van der Waals surface area contributed by atoms with Crippen LogP contribution in [0.1, 0.15) is 47.0 Å². The van der Waals surface area contributed by atoms with Gasteiger partial charge in [-0.25, -0.2) is 0 Å². The molecule has 4 unspecified atom stereocenters. The molecule has 0 amide bonds. The lowest BCUT2D eigenvalue weighted by Gasteiger charge is -2.38. The SMILES string of the molecule is CCNC1C(CN2CCC(O)C(C)C2)CCC1(C)C. The van der Waals surface area contributed by atoms with E-state index < -0.39 is 0 Å². The highest BCUT2D eigenvalue weighted by molar-refractivity contribution is 4.97. The molecule has 4 atom stereocenters. The van der Waals surface area contributed by atoms with Gasteiger partial charge in [-0.1, -0.05) is 27.7 Å². The second kappa shape index (κ2) is 6.11. The topological polar surface area (TPSA) is 35.5 Å². The van der Waals surface area contributed by atoms with Gasteiger partial charge in [-0.3, -0.25) is 0 Å². The summed E-state index contributed by atoms with van der Waals surface area (Å²) in [4.78, 5) is 2.58. The number of aliphatic hydroxyl groups is 1. The average molecular weight is 268 g/mol. The molecule has 1 heterocycles. The van der Waals surface area contributed by atoms with Crippen molar-refractivity contribution in [1.82, 2.24) is 10.2 Å². The van der Waals surface area contributed by atoms with Gasteiger partial charge >= 0.3 is 0 Å². The minimum absolute atomic E-state index is 0.0826. The Kier molecular flexibility index (Phi) is 4.91. The summed E-state index contributed by atoms with van der Waals surface area (Å²) in [7, 11) is 0. The lowest BCUT2D eigenvalue weighted by atomic mass is 9.84. The monoisotopic (exact) mass is 268 g/mol. The van der Waals surface area contributed by atoms with Gasteiger partial charge < -0.3 is 15.3 Å². The molecule has 2 rings (SSSR count). The van der Waals surface area contributed by atoms with Gasteiger partial charge in [0.05, 0.1) is 6.10 Å². The summed E-state index contributed by atoms with van der Waals surface area (Å²) >= 11 is 0. The van der Waals surface area contributed by atoms with Crippen molar-refractivity contribution >= 4 is 0 Å². The van der Waals surface area contributed by atoms with Gasteiger partial charge in [-0.15, -0.1) is 0 Å². The highest BCUT2D eigenvalue weighted by Crippen LogP contribution is 2.41. The Morgan fingerprint density at radius 3 is 2.68 bits per heavy atom. The molecule has 0 aromatic heterocycles. The maximum Gasteiger partial charge on any atom is 0.0590 e. The Morgan fingerprint density at radius 2 is 2.05 bits per heavy atom. The van der Waals surface area contributed by atoms with Crippen LogP contribution in [0, 0.1) is 17.3 Å². The van der Waals surface area contributed by atoms with E-state index in [4.69, 9.17) is 0 Å². The van der Waals surface area contributed by atoms with Crippen LogP contribution in [0.4, 0.5) is 0 Å². The van der Waals surface area contributed by atoms with Crippen molar-refractivity contribution in [2.75, 3.05) is 26.2 Å². The molecule has 2 fully saturated rings. The van der Waals surface area contributed by atoms with Crippen LogP contribution < -0.4 is 5.32 Å². The Labute approximate surface area is 118 Å². The number of likely N-dealkylation sites (tertiary alicyclic amines) is 1. The number of rotatable bonds is 4. The van der Waals surface area contributed by atoms with E-state index in [-0.39, 0.29) is 6.10 Å². The summed E-state index contributed by atoms with van der Waals surface area (Å²) in [5.74, 6) is 1.21. The first-order valence-corrected chi connectivity index (χ1v) is 8.08. The number of hydrogen-bond acceptors (Lipinski definition) is 3.